The highest BCUT2D eigenvalue weighted by Crippen LogP contribution is 2.46. The monoisotopic (exact) mass is 310 g/mol. The zero-order valence-corrected chi connectivity index (χ0v) is 13.0. The summed E-state index contributed by atoms with van der Waals surface area (Å²) < 4.78 is 10.6. The highest BCUT2D eigenvalue weighted by Gasteiger charge is 2.40. The van der Waals surface area contributed by atoms with E-state index in [1.807, 2.05) is 13.0 Å². The van der Waals surface area contributed by atoms with Crippen LogP contribution in [0.2, 0.25) is 0 Å². The Morgan fingerprint density at radius 1 is 1.38 bits per heavy atom. The Kier molecular flexibility index (Phi) is 4.62. The van der Waals surface area contributed by atoms with Gasteiger partial charge >= 0.3 is 0 Å². The molecule has 0 radical (unpaired) electrons. The summed E-state index contributed by atoms with van der Waals surface area (Å²) in [6.07, 6.45) is 0. The van der Waals surface area contributed by atoms with Crippen LogP contribution in [0.4, 0.5) is 0 Å². The van der Waals surface area contributed by atoms with Crippen LogP contribution in [-0.4, -0.2) is 42.7 Å². The van der Waals surface area contributed by atoms with Crippen LogP contribution in [0, 0.1) is 0 Å². The normalized spacial score (nSPS) is 21.5. The molecule has 2 atom stereocenters. The van der Waals surface area contributed by atoms with Gasteiger partial charge in [0.15, 0.2) is 0 Å². The third-order valence-corrected chi connectivity index (χ3v) is 4.65. The van der Waals surface area contributed by atoms with Crippen LogP contribution >= 0.6 is 11.8 Å². The molecule has 2 N–H and O–H groups in total. The van der Waals surface area contributed by atoms with Crippen molar-refractivity contribution in [1.82, 2.24) is 4.90 Å². The molecule has 1 aromatic carbocycles. The van der Waals surface area contributed by atoms with E-state index in [-0.39, 0.29) is 23.1 Å². The van der Waals surface area contributed by atoms with E-state index in [2.05, 4.69) is 0 Å². The van der Waals surface area contributed by atoms with E-state index in [9.17, 15) is 9.59 Å². The Labute approximate surface area is 127 Å². The minimum absolute atomic E-state index is 0.103. The van der Waals surface area contributed by atoms with E-state index in [1.165, 1.54) is 16.7 Å². The highest BCUT2D eigenvalue weighted by atomic mass is 32.2. The second-order valence-corrected chi connectivity index (χ2v) is 6.10. The molecular formula is C14H18N2O4S. The molecule has 0 aliphatic carbocycles. The van der Waals surface area contributed by atoms with E-state index in [1.54, 1.807) is 26.4 Å². The SMILES string of the molecule is COc1ccc(OC)c([C@@H]2S[C@@H](C)C(=O)N2CC(N)=O)c1. The van der Waals surface area contributed by atoms with E-state index < -0.39 is 5.91 Å². The van der Waals surface area contributed by atoms with Crippen molar-refractivity contribution in [2.24, 2.45) is 5.73 Å². The van der Waals surface area contributed by atoms with Crippen molar-refractivity contribution in [3.8, 4) is 11.5 Å². The summed E-state index contributed by atoms with van der Waals surface area (Å²) in [5, 5.41) is -0.546. The topological polar surface area (TPSA) is 81.9 Å². The lowest BCUT2D eigenvalue weighted by Crippen LogP contribution is -2.37. The fourth-order valence-electron chi connectivity index (χ4n) is 2.28. The first-order valence-electron chi connectivity index (χ1n) is 6.44. The minimum Gasteiger partial charge on any atom is -0.497 e. The number of primary amides is 1. The molecular weight excluding hydrogens is 292 g/mol. The molecule has 21 heavy (non-hydrogen) atoms. The lowest BCUT2D eigenvalue weighted by molar-refractivity contribution is -0.134. The van der Waals surface area contributed by atoms with Crippen LogP contribution in [0.25, 0.3) is 0 Å². The number of nitrogens with two attached hydrogens (primary N) is 1. The van der Waals surface area contributed by atoms with Gasteiger partial charge in [-0.15, -0.1) is 11.8 Å². The van der Waals surface area contributed by atoms with Gasteiger partial charge in [-0.1, -0.05) is 0 Å². The van der Waals surface area contributed by atoms with Crippen LogP contribution in [0.15, 0.2) is 18.2 Å². The maximum absolute atomic E-state index is 12.2. The molecule has 1 aromatic rings. The Morgan fingerprint density at radius 2 is 2.10 bits per heavy atom. The first-order valence-corrected chi connectivity index (χ1v) is 7.38. The number of hydrogen-bond donors (Lipinski definition) is 1. The number of amides is 2. The Morgan fingerprint density at radius 3 is 2.67 bits per heavy atom. The third-order valence-electron chi connectivity index (χ3n) is 3.28. The van der Waals surface area contributed by atoms with E-state index in [0.717, 1.165) is 5.56 Å². The van der Waals surface area contributed by atoms with Gasteiger partial charge in [-0.05, 0) is 25.1 Å². The van der Waals surface area contributed by atoms with Gasteiger partial charge in [-0.3, -0.25) is 9.59 Å². The summed E-state index contributed by atoms with van der Waals surface area (Å²) in [6.45, 7) is 1.70. The molecule has 114 valence electrons. The predicted molar refractivity (Wildman–Crippen MR) is 80.2 cm³/mol. The van der Waals surface area contributed by atoms with Gasteiger partial charge in [0.05, 0.1) is 19.5 Å². The van der Waals surface area contributed by atoms with Crippen molar-refractivity contribution >= 4 is 23.6 Å². The van der Waals surface area contributed by atoms with Crippen LogP contribution in [0.3, 0.4) is 0 Å². The fraction of sp³-hybridized carbons (Fsp3) is 0.429. The van der Waals surface area contributed by atoms with E-state index in [4.69, 9.17) is 15.2 Å². The van der Waals surface area contributed by atoms with Crippen molar-refractivity contribution in [2.45, 2.75) is 17.5 Å². The second-order valence-electron chi connectivity index (χ2n) is 4.67. The molecule has 0 saturated carbocycles. The number of benzene rings is 1. The number of thioether (sulfide) groups is 1. The Balaban J connectivity index is 2.42. The number of hydrogen-bond acceptors (Lipinski definition) is 5. The molecule has 1 saturated heterocycles. The predicted octanol–water partition coefficient (Wildman–Crippen LogP) is 1.15. The van der Waals surface area contributed by atoms with Gasteiger partial charge in [-0.2, -0.15) is 0 Å². The second kappa shape index (κ2) is 6.26. The van der Waals surface area contributed by atoms with Crippen molar-refractivity contribution in [1.29, 1.82) is 0 Å². The molecule has 2 amide bonds. The number of rotatable bonds is 5. The van der Waals surface area contributed by atoms with Crippen molar-refractivity contribution in [2.75, 3.05) is 20.8 Å². The molecule has 6 nitrogen and oxygen atoms in total. The minimum atomic E-state index is -0.537. The molecule has 7 heteroatoms. The van der Waals surface area contributed by atoms with Gasteiger partial charge in [0, 0.05) is 5.56 Å². The molecule has 1 fully saturated rings. The molecule has 1 heterocycles. The zero-order chi connectivity index (χ0) is 15.6. The van der Waals surface area contributed by atoms with Gasteiger partial charge in [-0.25, -0.2) is 0 Å². The average Bonchev–Trinajstić information content (AvgIpc) is 2.74. The summed E-state index contributed by atoms with van der Waals surface area (Å²) in [6, 6.07) is 5.38. The average molecular weight is 310 g/mol. The van der Waals surface area contributed by atoms with E-state index in [0.29, 0.717) is 11.5 Å². The van der Waals surface area contributed by atoms with Crippen LogP contribution in [-0.2, 0) is 9.59 Å². The Hall–Kier alpha value is -1.89. The largest absolute Gasteiger partial charge is 0.497 e. The number of methoxy groups -OCH3 is 2. The van der Waals surface area contributed by atoms with Crippen molar-refractivity contribution in [3.05, 3.63) is 23.8 Å². The first kappa shape index (κ1) is 15.5. The molecule has 1 aliphatic rings. The highest BCUT2D eigenvalue weighted by molar-refractivity contribution is 8.01. The summed E-state index contributed by atoms with van der Waals surface area (Å²) in [5.74, 6) is 0.667. The third kappa shape index (κ3) is 3.07. The van der Waals surface area contributed by atoms with Gasteiger partial charge in [0.1, 0.15) is 23.4 Å². The molecule has 0 spiro atoms. The zero-order valence-electron chi connectivity index (χ0n) is 12.2. The maximum Gasteiger partial charge on any atom is 0.237 e. The number of carbonyl (C=O) groups is 2. The van der Waals surface area contributed by atoms with Crippen LogP contribution in [0.1, 0.15) is 17.9 Å². The quantitative estimate of drug-likeness (QED) is 0.882. The molecule has 0 aromatic heterocycles. The van der Waals surface area contributed by atoms with Crippen molar-refractivity contribution < 1.29 is 19.1 Å². The van der Waals surface area contributed by atoms with Crippen LogP contribution < -0.4 is 15.2 Å². The first-order chi connectivity index (χ1) is 9.97. The molecule has 0 bridgehead atoms. The van der Waals surface area contributed by atoms with Gasteiger partial charge < -0.3 is 20.1 Å². The van der Waals surface area contributed by atoms with Crippen molar-refractivity contribution in [3.63, 3.8) is 0 Å². The van der Waals surface area contributed by atoms with E-state index >= 15 is 0 Å². The smallest absolute Gasteiger partial charge is 0.237 e. The molecule has 1 aliphatic heterocycles. The van der Waals surface area contributed by atoms with Gasteiger partial charge in [0.25, 0.3) is 0 Å². The standard InChI is InChI=1S/C14H18N2O4S/c1-8-13(18)16(7-12(15)17)14(21-8)10-6-9(19-2)4-5-11(10)20-3/h4-6,8,14H,7H2,1-3H3,(H2,15,17)/t8-,14-/m0/s1. The maximum atomic E-state index is 12.2. The summed E-state index contributed by atoms with van der Waals surface area (Å²) in [7, 11) is 3.14. The number of ether oxygens (including phenoxy) is 2. The summed E-state index contributed by atoms with van der Waals surface area (Å²) >= 11 is 1.46. The molecule has 0 unspecified atom stereocenters. The summed E-state index contributed by atoms with van der Waals surface area (Å²) in [5.41, 5.74) is 6.04. The lowest BCUT2D eigenvalue weighted by Gasteiger charge is -2.24. The molecule has 2 rings (SSSR count). The fourth-order valence-corrected chi connectivity index (χ4v) is 3.57. The number of carbonyl (C=O) groups excluding carboxylic acids is 2. The number of nitrogens with zero attached hydrogens (tertiary/aromatic N) is 1. The Bertz CT molecular complexity index is 564. The summed E-state index contributed by atoms with van der Waals surface area (Å²) in [4.78, 5) is 24.9. The van der Waals surface area contributed by atoms with Gasteiger partial charge in [0.2, 0.25) is 11.8 Å². The van der Waals surface area contributed by atoms with Crippen LogP contribution in [0.5, 0.6) is 11.5 Å². The lowest BCUT2D eigenvalue weighted by atomic mass is 10.1.